The monoisotopic (exact) mass is 434 g/mol. The Labute approximate surface area is 187 Å². The van der Waals surface area contributed by atoms with Crippen molar-refractivity contribution in [3.63, 3.8) is 0 Å². The van der Waals surface area contributed by atoms with Crippen LogP contribution in [-0.2, 0) is 19.1 Å². The molecule has 3 amide bonds. The van der Waals surface area contributed by atoms with Crippen LogP contribution >= 0.6 is 0 Å². The van der Waals surface area contributed by atoms with Gasteiger partial charge in [-0.15, -0.1) is 0 Å². The average molecular weight is 434 g/mol. The van der Waals surface area contributed by atoms with E-state index in [1.807, 2.05) is 42.5 Å². The number of likely N-dealkylation sites (tertiary alicyclic amines) is 1. The molecule has 2 aliphatic rings. The van der Waals surface area contributed by atoms with E-state index in [9.17, 15) is 14.4 Å². The molecule has 7 nitrogen and oxygen atoms in total. The molecular formula is C25H26N2O5. The largest absolute Gasteiger partial charge is 0.497 e. The number of imide groups is 1. The second kappa shape index (κ2) is 9.78. The molecule has 2 fully saturated rings. The van der Waals surface area contributed by atoms with E-state index < -0.39 is 17.9 Å². The number of carbonyl (C=O) groups excluding carboxylic acids is 3. The summed E-state index contributed by atoms with van der Waals surface area (Å²) < 4.78 is 10.6. The Morgan fingerprint density at radius 2 is 1.72 bits per heavy atom. The lowest BCUT2D eigenvalue weighted by Gasteiger charge is -2.32. The Hall–Kier alpha value is -3.45. The van der Waals surface area contributed by atoms with Crippen molar-refractivity contribution in [1.29, 1.82) is 0 Å². The molecule has 2 atom stereocenters. The van der Waals surface area contributed by atoms with Gasteiger partial charge in [-0.2, -0.15) is 0 Å². The number of benzene rings is 2. The van der Waals surface area contributed by atoms with E-state index in [2.05, 4.69) is 0 Å². The van der Waals surface area contributed by atoms with Crippen LogP contribution in [0.2, 0.25) is 0 Å². The van der Waals surface area contributed by atoms with Crippen molar-refractivity contribution in [1.82, 2.24) is 9.80 Å². The van der Waals surface area contributed by atoms with Gasteiger partial charge < -0.3 is 14.4 Å². The number of hydrogen-bond donors (Lipinski definition) is 0. The molecule has 2 aromatic carbocycles. The van der Waals surface area contributed by atoms with E-state index in [1.165, 1.54) is 11.0 Å². The minimum absolute atomic E-state index is 0.00218. The van der Waals surface area contributed by atoms with Gasteiger partial charge in [0.25, 0.3) is 5.91 Å². The van der Waals surface area contributed by atoms with Gasteiger partial charge in [0, 0.05) is 25.6 Å². The maximum atomic E-state index is 13.3. The van der Waals surface area contributed by atoms with E-state index in [1.54, 1.807) is 30.2 Å². The first-order valence-electron chi connectivity index (χ1n) is 10.7. The predicted molar refractivity (Wildman–Crippen MR) is 119 cm³/mol. The number of rotatable bonds is 5. The minimum Gasteiger partial charge on any atom is -0.497 e. The number of ether oxygens (including phenoxy) is 2. The van der Waals surface area contributed by atoms with Crippen LogP contribution in [0.5, 0.6) is 5.75 Å². The molecule has 2 aromatic rings. The second-order valence-electron chi connectivity index (χ2n) is 7.81. The number of morpholine rings is 1. The van der Waals surface area contributed by atoms with E-state index in [0.29, 0.717) is 32.1 Å². The molecule has 2 heterocycles. The van der Waals surface area contributed by atoms with Gasteiger partial charge in [-0.3, -0.25) is 19.3 Å². The Morgan fingerprint density at radius 3 is 2.38 bits per heavy atom. The van der Waals surface area contributed by atoms with Crippen LogP contribution in [0.3, 0.4) is 0 Å². The maximum Gasteiger partial charge on any atom is 0.253 e. The molecule has 0 saturated carbocycles. The molecule has 2 aliphatic heterocycles. The highest BCUT2D eigenvalue weighted by molar-refractivity contribution is 6.06. The highest BCUT2D eigenvalue weighted by Gasteiger charge is 2.48. The summed E-state index contributed by atoms with van der Waals surface area (Å²) in [6.07, 6.45) is 3.07. The van der Waals surface area contributed by atoms with Gasteiger partial charge in [0.15, 0.2) is 0 Å². The highest BCUT2D eigenvalue weighted by Crippen LogP contribution is 2.40. The van der Waals surface area contributed by atoms with Crippen molar-refractivity contribution in [3.05, 3.63) is 71.8 Å². The second-order valence-corrected chi connectivity index (χ2v) is 7.81. The van der Waals surface area contributed by atoms with Gasteiger partial charge in [-0.1, -0.05) is 42.5 Å². The number of hydrogen-bond acceptors (Lipinski definition) is 5. The van der Waals surface area contributed by atoms with Crippen LogP contribution in [0.15, 0.2) is 60.7 Å². The van der Waals surface area contributed by atoms with Gasteiger partial charge in [-0.05, 0) is 29.3 Å². The van der Waals surface area contributed by atoms with Crippen LogP contribution < -0.4 is 4.74 Å². The Kier molecular flexibility index (Phi) is 6.66. The first kappa shape index (κ1) is 21.8. The zero-order valence-electron chi connectivity index (χ0n) is 18.0. The van der Waals surface area contributed by atoms with Crippen molar-refractivity contribution in [2.24, 2.45) is 5.92 Å². The van der Waals surface area contributed by atoms with Crippen LogP contribution in [-0.4, -0.2) is 60.9 Å². The number of methoxy groups -OCH3 is 1. The summed E-state index contributed by atoms with van der Waals surface area (Å²) in [6.45, 7) is 1.92. The molecule has 7 heteroatoms. The first-order chi connectivity index (χ1) is 15.6. The van der Waals surface area contributed by atoms with Gasteiger partial charge in [0.1, 0.15) is 5.75 Å². The molecule has 0 aromatic heterocycles. The molecule has 4 rings (SSSR count). The van der Waals surface area contributed by atoms with Gasteiger partial charge in [0.2, 0.25) is 11.8 Å². The third-order valence-electron chi connectivity index (χ3n) is 5.88. The summed E-state index contributed by atoms with van der Waals surface area (Å²) in [7, 11) is 1.57. The number of nitrogens with zero attached hydrogens (tertiary/aromatic N) is 2. The SMILES string of the molecule is COc1ccc([C@@H]2[C@H](C(=O)N3CCOCC3)CC(=O)N2C(=O)/C=C/c2ccccc2)cc1. The fourth-order valence-electron chi connectivity index (χ4n) is 4.23. The summed E-state index contributed by atoms with van der Waals surface area (Å²) in [4.78, 5) is 42.4. The third-order valence-corrected chi connectivity index (χ3v) is 5.88. The zero-order valence-corrected chi connectivity index (χ0v) is 18.0. The van der Waals surface area contributed by atoms with Gasteiger partial charge in [0.05, 0.1) is 32.3 Å². The van der Waals surface area contributed by atoms with E-state index in [0.717, 1.165) is 11.1 Å². The highest BCUT2D eigenvalue weighted by atomic mass is 16.5. The predicted octanol–water partition coefficient (Wildman–Crippen LogP) is 2.68. The summed E-state index contributed by atoms with van der Waals surface area (Å²) in [6, 6.07) is 15.9. The molecule has 0 bridgehead atoms. The van der Waals surface area contributed by atoms with Gasteiger partial charge >= 0.3 is 0 Å². The van der Waals surface area contributed by atoms with Crippen molar-refractivity contribution in [3.8, 4) is 5.75 Å². The lowest BCUT2D eigenvalue weighted by Crippen LogP contribution is -2.45. The van der Waals surface area contributed by atoms with Crippen LogP contribution in [0, 0.1) is 5.92 Å². The van der Waals surface area contributed by atoms with Crippen molar-refractivity contribution < 1.29 is 23.9 Å². The summed E-state index contributed by atoms with van der Waals surface area (Å²) in [5.41, 5.74) is 1.58. The quantitative estimate of drug-likeness (QED) is 0.677. The van der Waals surface area contributed by atoms with E-state index >= 15 is 0 Å². The maximum absolute atomic E-state index is 13.3. The number of carbonyl (C=O) groups is 3. The molecule has 0 unspecified atom stereocenters. The third kappa shape index (κ3) is 4.57. The molecule has 166 valence electrons. The fraction of sp³-hybridized carbons (Fsp3) is 0.320. The van der Waals surface area contributed by atoms with E-state index in [4.69, 9.17) is 9.47 Å². The van der Waals surface area contributed by atoms with Crippen LogP contribution in [0.25, 0.3) is 6.08 Å². The molecule has 0 spiro atoms. The van der Waals surface area contributed by atoms with Crippen LogP contribution in [0.4, 0.5) is 0 Å². The molecular weight excluding hydrogens is 408 g/mol. The molecule has 2 saturated heterocycles. The van der Waals surface area contributed by atoms with E-state index in [-0.39, 0.29) is 18.2 Å². The van der Waals surface area contributed by atoms with Crippen molar-refractivity contribution >= 4 is 23.8 Å². The van der Waals surface area contributed by atoms with Crippen molar-refractivity contribution in [2.75, 3.05) is 33.4 Å². The van der Waals surface area contributed by atoms with Crippen LogP contribution in [0.1, 0.15) is 23.6 Å². The summed E-state index contributed by atoms with van der Waals surface area (Å²) >= 11 is 0. The lowest BCUT2D eigenvalue weighted by molar-refractivity contribution is -0.141. The Bertz CT molecular complexity index is 997. The molecule has 0 aliphatic carbocycles. The molecule has 32 heavy (non-hydrogen) atoms. The number of amides is 3. The van der Waals surface area contributed by atoms with Crippen molar-refractivity contribution in [2.45, 2.75) is 12.5 Å². The zero-order chi connectivity index (χ0) is 22.5. The average Bonchev–Trinajstić information content (AvgIpc) is 3.20. The normalized spacial score (nSPS) is 21.2. The topological polar surface area (TPSA) is 76.2 Å². The summed E-state index contributed by atoms with van der Waals surface area (Å²) in [5.74, 6) is -0.874. The summed E-state index contributed by atoms with van der Waals surface area (Å²) in [5, 5.41) is 0. The Morgan fingerprint density at radius 1 is 1.03 bits per heavy atom. The standard InChI is InChI=1S/C25H26N2O5/c1-31-20-10-8-19(9-11-20)24-21(25(30)26-13-15-32-16-14-26)17-23(29)27(24)22(28)12-7-18-5-3-2-4-6-18/h2-12,21,24H,13-17H2,1H3/b12-7+/t21-,24-/m1/s1. The fourth-order valence-corrected chi connectivity index (χ4v) is 4.23. The minimum atomic E-state index is -0.670. The Balaban J connectivity index is 1.65. The molecule has 0 N–H and O–H groups in total. The van der Waals surface area contributed by atoms with Gasteiger partial charge in [-0.25, -0.2) is 0 Å². The smallest absolute Gasteiger partial charge is 0.253 e. The lowest BCUT2D eigenvalue weighted by atomic mass is 9.92. The first-order valence-corrected chi connectivity index (χ1v) is 10.7. The molecule has 0 radical (unpaired) electrons.